The van der Waals surface area contributed by atoms with Gasteiger partial charge in [-0.2, -0.15) is 0 Å². The molecular weight excluding hydrogens is 264 g/mol. The number of methoxy groups -OCH3 is 1. The SMILES string of the molecule is COc1ccc2c(c1)OC[C@@H](N[C@@H](C)c1ccccn1)C2. The van der Waals surface area contributed by atoms with Crippen molar-refractivity contribution >= 4 is 0 Å². The van der Waals surface area contributed by atoms with Gasteiger partial charge in [-0.1, -0.05) is 12.1 Å². The van der Waals surface area contributed by atoms with Gasteiger partial charge in [0.2, 0.25) is 0 Å². The number of ether oxygens (including phenoxy) is 2. The lowest BCUT2D eigenvalue weighted by Gasteiger charge is -2.28. The fourth-order valence-electron chi connectivity index (χ4n) is 2.66. The van der Waals surface area contributed by atoms with E-state index in [1.807, 2.05) is 36.5 Å². The quantitative estimate of drug-likeness (QED) is 0.937. The van der Waals surface area contributed by atoms with Crippen molar-refractivity contribution in [3.63, 3.8) is 0 Å². The maximum atomic E-state index is 5.85. The summed E-state index contributed by atoms with van der Waals surface area (Å²) in [6.07, 6.45) is 2.78. The van der Waals surface area contributed by atoms with Gasteiger partial charge in [0.15, 0.2) is 0 Å². The number of nitrogens with one attached hydrogen (secondary N) is 1. The topological polar surface area (TPSA) is 43.4 Å². The summed E-state index contributed by atoms with van der Waals surface area (Å²) in [5.74, 6) is 1.76. The fraction of sp³-hybridized carbons (Fsp3) is 0.353. The molecule has 4 heteroatoms. The molecule has 1 aromatic carbocycles. The smallest absolute Gasteiger partial charge is 0.126 e. The Balaban J connectivity index is 1.66. The van der Waals surface area contributed by atoms with Gasteiger partial charge in [-0.15, -0.1) is 0 Å². The van der Waals surface area contributed by atoms with E-state index in [0.717, 1.165) is 23.6 Å². The number of rotatable bonds is 4. The van der Waals surface area contributed by atoms with Crippen LogP contribution < -0.4 is 14.8 Å². The van der Waals surface area contributed by atoms with E-state index in [-0.39, 0.29) is 6.04 Å². The highest BCUT2D eigenvalue weighted by atomic mass is 16.5. The first-order valence-electron chi connectivity index (χ1n) is 7.23. The van der Waals surface area contributed by atoms with Crippen molar-refractivity contribution in [1.82, 2.24) is 10.3 Å². The number of benzene rings is 1. The molecule has 21 heavy (non-hydrogen) atoms. The average Bonchev–Trinajstić information content (AvgIpc) is 2.55. The lowest BCUT2D eigenvalue weighted by molar-refractivity contribution is 0.228. The molecule has 1 aliphatic heterocycles. The van der Waals surface area contributed by atoms with Crippen LogP contribution in [0.5, 0.6) is 11.5 Å². The first-order valence-corrected chi connectivity index (χ1v) is 7.23. The molecule has 0 unspecified atom stereocenters. The molecule has 2 atom stereocenters. The lowest BCUT2D eigenvalue weighted by Crippen LogP contribution is -2.40. The van der Waals surface area contributed by atoms with Crippen LogP contribution in [-0.2, 0) is 6.42 Å². The molecule has 0 saturated heterocycles. The van der Waals surface area contributed by atoms with E-state index < -0.39 is 0 Å². The monoisotopic (exact) mass is 284 g/mol. The van der Waals surface area contributed by atoms with Crippen molar-refractivity contribution in [1.29, 1.82) is 0 Å². The Hall–Kier alpha value is -2.07. The molecule has 2 heterocycles. The van der Waals surface area contributed by atoms with Crippen LogP contribution >= 0.6 is 0 Å². The maximum Gasteiger partial charge on any atom is 0.126 e. The minimum absolute atomic E-state index is 0.208. The van der Waals surface area contributed by atoms with E-state index in [4.69, 9.17) is 9.47 Å². The van der Waals surface area contributed by atoms with Gasteiger partial charge in [0.1, 0.15) is 18.1 Å². The van der Waals surface area contributed by atoms with Crippen molar-refractivity contribution in [2.75, 3.05) is 13.7 Å². The van der Waals surface area contributed by atoms with Crippen LogP contribution in [0.4, 0.5) is 0 Å². The second-order valence-electron chi connectivity index (χ2n) is 5.33. The van der Waals surface area contributed by atoms with Gasteiger partial charge in [0.25, 0.3) is 0 Å². The van der Waals surface area contributed by atoms with E-state index in [1.165, 1.54) is 5.56 Å². The first kappa shape index (κ1) is 13.9. The average molecular weight is 284 g/mol. The maximum absolute atomic E-state index is 5.85. The third kappa shape index (κ3) is 3.16. The summed E-state index contributed by atoms with van der Waals surface area (Å²) in [7, 11) is 1.67. The molecule has 1 aromatic heterocycles. The summed E-state index contributed by atoms with van der Waals surface area (Å²) in [6, 6.07) is 12.5. The second kappa shape index (κ2) is 6.14. The molecule has 0 amide bonds. The molecule has 110 valence electrons. The zero-order valence-corrected chi connectivity index (χ0v) is 12.4. The summed E-state index contributed by atoms with van der Waals surface area (Å²) >= 11 is 0. The Bertz CT molecular complexity index is 601. The summed E-state index contributed by atoms with van der Waals surface area (Å²) in [5, 5.41) is 3.59. The van der Waals surface area contributed by atoms with Crippen LogP contribution in [0, 0.1) is 0 Å². The van der Waals surface area contributed by atoms with Crippen LogP contribution in [0.3, 0.4) is 0 Å². The highest BCUT2D eigenvalue weighted by molar-refractivity contribution is 5.42. The second-order valence-corrected chi connectivity index (χ2v) is 5.33. The third-order valence-corrected chi connectivity index (χ3v) is 3.80. The first-order chi connectivity index (χ1) is 10.3. The molecule has 0 radical (unpaired) electrons. The van der Waals surface area contributed by atoms with Crippen molar-refractivity contribution < 1.29 is 9.47 Å². The van der Waals surface area contributed by atoms with Crippen molar-refractivity contribution in [3.05, 3.63) is 53.9 Å². The molecule has 2 aromatic rings. The molecule has 4 nitrogen and oxygen atoms in total. The Morgan fingerprint density at radius 2 is 2.24 bits per heavy atom. The van der Waals surface area contributed by atoms with Crippen molar-refractivity contribution in [2.45, 2.75) is 25.4 Å². The van der Waals surface area contributed by atoms with Gasteiger partial charge in [-0.05, 0) is 37.1 Å². The molecule has 3 rings (SSSR count). The Morgan fingerprint density at radius 3 is 3.00 bits per heavy atom. The number of hydrogen-bond acceptors (Lipinski definition) is 4. The van der Waals surface area contributed by atoms with E-state index in [2.05, 4.69) is 23.3 Å². The Morgan fingerprint density at radius 1 is 1.33 bits per heavy atom. The van der Waals surface area contributed by atoms with E-state index >= 15 is 0 Å². The molecule has 0 spiro atoms. The number of hydrogen-bond donors (Lipinski definition) is 1. The highest BCUT2D eigenvalue weighted by Gasteiger charge is 2.22. The van der Waals surface area contributed by atoms with Crippen LogP contribution in [0.25, 0.3) is 0 Å². The zero-order valence-electron chi connectivity index (χ0n) is 12.4. The molecule has 0 aliphatic carbocycles. The summed E-state index contributed by atoms with van der Waals surface area (Å²) < 4.78 is 11.1. The molecule has 0 fully saturated rings. The number of nitrogens with zero attached hydrogens (tertiary/aromatic N) is 1. The predicted octanol–water partition coefficient (Wildman–Crippen LogP) is 2.74. The minimum atomic E-state index is 0.208. The van der Waals surface area contributed by atoms with Gasteiger partial charge in [0.05, 0.1) is 12.8 Å². The predicted molar refractivity (Wildman–Crippen MR) is 81.8 cm³/mol. The highest BCUT2D eigenvalue weighted by Crippen LogP contribution is 2.29. The van der Waals surface area contributed by atoms with E-state index in [1.54, 1.807) is 7.11 Å². The number of fused-ring (bicyclic) bond motifs is 1. The summed E-state index contributed by atoms with van der Waals surface area (Å²) in [5.41, 5.74) is 2.27. The standard InChI is InChI=1S/C17H20N2O2/c1-12(16-5-3-4-8-18-16)19-14-9-13-6-7-15(20-2)10-17(13)21-11-14/h3-8,10,12,14,19H,9,11H2,1-2H3/t12-,14-/m0/s1. The van der Waals surface area contributed by atoms with Gasteiger partial charge in [0, 0.05) is 24.3 Å². The van der Waals surface area contributed by atoms with Gasteiger partial charge in [-0.3, -0.25) is 4.98 Å². The summed E-state index contributed by atoms with van der Waals surface area (Å²) in [4.78, 5) is 4.39. The molecule has 0 saturated carbocycles. The van der Waals surface area contributed by atoms with Gasteiger partial charge >= 0.3 is 0 Å². The number of pyridine rings is 1. The normalized spacial score (nSPS) is 18.5. The van der Waals surface area contributed by atoms with Crippen LogP contribution in [0.15, 0.2) is 42.6 Å². The Kier molecular flexibility index (Phi) is 4.06. The van der Waals surface area contributed by atoms with Crippen LogP contribution in [-0.4, -0.2) is 24.7 Å². The summed E-state index contributed by atoms with van der Waals surface area (Å²) in [6.45, 7) is 2.79. The van der Waals surface area contributed by atoms with E-state index in [0.29, 0.717) is 12.6 Å². The minimum Gasteiger partial charge on any atom is -0.497 e. The Labute approximate surface area is 125 Å². The molecule has 1 aliphatic rings. The van der Waals surface area contributed by atoms with E-state index in [9.17, 15) is 0 Å². The number of aromatic nitrogens is 1. The molecule has 0 bridgehead atoms. The van der Waals surface area contributed by atoms with Gasteiger partial charge < -0.3 is 14.8 Å². The molecule has 1 N–H and O–H groups in total. The largest absolute Gasteiger partial charge is 0.497 e. The lowest BCUT2D eigenvalue weighted by atomic mass is 10.0. The van der Waals surface area contributed by atoms with Crippen LogP contribution in [0.1, 0.15) is 24.2 Å². The van der Waals surface area contributed by atoms with Crippen molar-refractivity contribution in [3.8, 4) is 11.5 Å². The van der Waals surface area contributed by atoms with Crippen molar-refractivity contribution in [2.24, 2.45) is 0 Å². The third-order valence-electron chi connectivity index (χ3n) is 3.80. The molecular formula is C17H20N2O2. The fourth-order valence-corrected chi connectivity index (χ4v) is 2.66. The van der Waals surface area contributed by atoms with Gasteiger partial charge in [-0.25, -0.2) is 0 Å². The zero-order chi connectivity index (χ0) is 14.7. The van der Waals surface area contributed by atoms with Crippen LogP contribution in [0.2, 0.25) is 0 Å².